The van der Waals surface area contributed by atoms with E-state index in [9.17, 15) is 9.18 Å². The van der Waals surface area contributed by atoms with Crippen LogP contribution in [0.15, 0.2) is 48.1 Å². The molecular formula is C19H20FN5OS. The predicted molar refractivity (Wildman–Crippen MR) is 103 cm³/mol. The highest BCUT2D eigenvalue weighted by Gasteiger charge is 2.26. The lowest BCUT2D eigenvalue weighted by atomic mass is 10.2. The fraction of sp³-hybridized carbons (Fsp3) is 0.316. The summed E-state index contributed by atoms with van der Waals surface area (Å²) >= 11 is 1.37. The van der Waals surface area contributed by atoms with Gasteiger partial charge in [-0.2, -0.15) is 5.10 Å². The van der Waals surface area contributed by atoms with Crippen LogP contribution in [-0.2, 0) is 11.3 Å². The van der Waals surface area contributed by atoms with E-state index in [0.29, 0.717) is 17.7 Å². The molecule has 1 aromatic carbocycles. The van der Waals surface area contributed by atoms with E-state index in [1.165, 1.54) is 23.5 Å². The van der Waals surface area contributed by atoms with Gasteiger partial charge >= 0.3 is 0 Å². The number of anilines is 1. The van der Waals surface area contributed by atoms with Crippen LogP contribution in [0.2, 0.25) is 0 Å². The zero-order valence-electron chi connectivity index (χ0n) is 14.7. The average Bonchev–Trinajstić information content (AvgIpc) is 3.40. The van der Waals surface area contributed by atoms with Crippen molar-refractivity contribution in [3.63, 3.8) is 0 Å². The zero-order valence-corrected chi connectivity index (χ0v) is 15.5. The van der Waals surface area contributed by atoms with E-state index < -0.39 is 0 Å². The summed E-state index contributed by atoms with van der Waals surface area (Å²) in [4.78, 5) is 19.1. The molecule has 1 fully saturated rings. The van der Waals surface area contributed by atoms with Crippen LogP contribution >= 0.6 is 11.3 Å². The molecule has 0 bridgehead atoms. The SMILES string of the molecule is O=C(CN1CCCC1Cn1cccn1)Nc1nc(-c2ccc(F)cc2)cs1. The number of nitrogens with zero attached hydrogens (tertiary/aromatic N) is 4. The molecule has 1 unspecified atom stereocenters. The first-order chi connectivity index (χ1) is 13.2. The number of carbonyl (C=O) groups is 1. The van der Waals surface area contributed by atoms with Crippen molar-refractivity contribution in [1.29, 1.82) is 0 Å². The van der Waals surface area contributed by atoms with E-state index in [1.807, 2.05) is 22.3 Å². The van der Waals surface area contributed by atoms with Gasteiger partial charge in [-0.25, -0.2) is 9.37 Å². The lowest BCUT2D eigenvalue weighted by Gasteiger charge is -2.23. The molecule has 1 saturated heterocycles. The second kappa shape index (κ2) is 7.98. The third kappa shape index (κ3) is 4.40. The normalized spacial score (nSPS) is 17.3. The quantitative estimate of drug-likeness (QED) is 0.708. The van der Waals surface area contributed by atoms with Gasteiger partial charge in [-0.1, -0.05) is 0 Å². The Morgan fingerprint density at radius 1 is 1.33 bits per heavy atom. The Balaban J connectivity index is 1.34. The van der Waals surface area contributed by atoms with Gasteiger partial charge in [-0.15, -0.1) is 11.3 Å². The lowest BCUT2D eigenvalue weighted by molar-refractivity contribution is -0.117. The lowest BCUT2D eigenvalue weighted by Crippen LogP contribution is -2.39. The van der Waals surface area contributed by atoms with Gasteiger partial charge in [-0.3, -0.25) is 14.4 Å². The standard InChI is InChI=1S/C19H20FN5OS/c20-15-6-4-14(5-7-15)17-13-27-19(22-17)23-18(26)12-24-9-1-3-16(24)11-25-10-2-8-21-25/h2,4-8,10,13,16H,1,3,9,11-12H2,(H,22,23,26). The molecule has 2 aromatic heterocycles. The fourth-order valence-electron chi connectivity index (χ4n) is 3.36. The van der Waals surface area contributed by atoms with E-state index in [4.69, 9.17) is 0 Å². The molecule has 0 saturated carbocycles. The third-order valence-electron chi connectivity index (χ3n) is 4.69. The van der Waals surface area contributed by atoms with Gasteiger partial charge in [0.15, 0.2) is 5.13 Å². The summed E-state index contributed by atoms with van der Waals surface area (Å²) in [5.74, 6) is -0.347. The van der Waals surface area contributed by atoms with Gasteiger partial charge in [-0.05, 0) is 49.7 Å². The molecule has 140 valence electrons. The van der Waals surface area contributed by atoms with E-state index in [2.05, 4.69) is 20.3 Å². The summed E-state index contributed by atoms with van der Waals surface area (Å²) in [7, 11) is 0. The number of halogens is 1. The molecule has 27 heavy (non-hydrogen) atoms. The summed E-state index contributed by atoms with van der Waals surface area (Å²) in [6, 6.07) is 8.40. The van der Waals surface area contributed by atoms with Crippen molar-refractivity contribution < 1.29 is 9.18 Å². The molecule has 3 heterocycles. The van der Waals surface area contributed by atoms with Gasteiger partial charge in [0.2, 0.25) is 5.91 Å². The van der Waals surface area contributed by atoms with Gasteiger partial charge in [0.1, 0.15) is 5.82 Å². The van der Waals surface area contributed by atoms with Crippen molar-refractivity contribution >= 4 is 22.4 Å². The number of thiazole rings is 1. The van der Waals surface area contributed by atoms with Crippen LogP contribution in [0.25, 0.3) is 11.3 Å². The maximum Gasteiger partial charge on any atom is 0.240 e. The Labute approximate surface area is 160 Å². The largest absolute Gasteiger partial charge is 0.301 e. The highest BCUT2D eigenvalue weighted by Crippen LogP contribution is 2.25. The highest BCUT2D eigenvalue weighted by atomic mass is 32.1. The van der Waals surface area contributed by atoms with Crippen LogP contribution in [0.4, 0.5) is 9.52 Å². The first-order valence-corrected chi connectivity index (χ1v) is 9.78. The number of benzene rings is 1. The number of amides is 1. The molecule has 1 aliphatic rings. The van der Waals surface area contributed by atoms with Crippen molar-refractivity contribution in [2.24, 2.45) is 0 Å². The summed E-state index contributed by atoms with van der Waals surface area (Å²) in [5, 5.41) is 9.55. The summed E-state index contributed by atoms with van der Waals surface area (Å²) in [5.41, 5.74) is 1.56. The first kappa shape index (κ1) is 17.8. The van der Waals surface area contributed by atoms with Gasteiger partial charge in [0, 0.05) is 29.4 Å². The molecular weight excluding hydrogens is 365 g/mol. The number of nitrogens with one attached hydrogen (secondary N) is 1. The molecule has 1 aliphatic heterocycles. The van der Waals surface area contributed by atoms with Gasteiger partial charge < -0.3 is 5.32 Å². The highest BCUT2D eigenvalue weighted by molar-refractivity contribution is 7.14. The van der Waals surface area contributed by atoms with E-state index in [-0.39, 0.29) is 11.7 Å². The molecule has 0 spiro atoms. The minimum atomic E-state index is -0.280. The van der Waals surface area contributed by atoms with Crippen LogP contribution in [0.3, 0.4) is 0 Å². The molecule has 1 N–H and O–H groups in total. The Morgan fingerprint density at radius 2 is 2.19 bits per heavy atom. The van der Waals surface area contributed by atoms with Crippen molar-refractivity contribution in [2.45, 2.75) is 25.4 Å². The number of aromatic nitrogens is 3. The second-order valence-electron chi connectivity index (χ2n) is 6.59. The van der Waals surface area contributed by atoms with Crippen molar-refractivity contribution in [2.75, 3.05) is 18.4 Å². The Hall–Kier alpha value is -2.58. The number of hydrogen-bond acceptors (Lipinski definition) is 5. The second-order valence-corrected chi connectivity index (χ2v) is 7.45. The van der Waals surface area contributed by atoms with Crippen LogP contribution in [0.5, 0.6) is 0 Å². The van der Waals surface area contributed by atoms with Crippen molar-refractivity contribution in [3.8, 4) is 11.3 Å². The zero-order chi connectivity index (χ0) is 18.6. The minimum Gasteiger partial charge on any atom is -0.301 e. The molecule has 8 heteroatoms. The number of rotatable bonds is 6. The summed E-state index contributed by atoms with van der Waals surface area (Å²) in [6.07, 6.45) is 5.88. The molecule has 4 rings (SSSR count). The Bertz CT molecular complexity index is 893. The maximum absolute atomic E-state index is 13.0. The topological polar surface area (TPSA) is 63.1 Å². The number of hydrogen-bond donors (Lipinski definition) is 1. The summed E-state index contributed by atoms with van der Waals surface area (Å²) < 4.78 is 15.0. The van der Waals surface area contributed by atoms with E-state index in [1.54, 1.807) is 18.3 Å². The Morgan fingerprint density at radius 3 is 2.96 bits per heavy atom. The van der Waals surface area contributed by atoms with Gasteiger partial charge in [0.25, 0.3) is 0 Å². The number of carbonyl (C=O) groups excluding carboxylic acids is 1. The fourth-order valence-corrected chi connectivity index (χ4v) is 4.10. The molecule has 0 aliphatic carbocycles. The van der Waals surface area contributed by atoms with E-state index >= 15 is 0 Å². The van der Waals surface area contributed by atoms with Crippen molar-refractivity contribution in [1.82, 2.24) is 19.7 Å². The monoisotopic (exact) mass is 385 g/mol. The van der Waals surface area contributed by atoms with Crippen LogP contribution in [0, 0.1) is 5.82 Å². The molecule has 1 amide bonds. The van der Waals surface area contributed by atoms with E-state index in [0.717, 1.165) is 37.2 Å². The van der Waals surface area contributed by atoms with Crippen molar-refractivity contribution in [3.05, 3.63) is 53.9 Å². The Kier molecular flexibility index (Phi) is 5.26. The molecule has 6 nitrogen and oxygen atoms in total. The van der Waals surface area contributed by atoms with Crippen LogP contribution < -0.4 is 5.32 Å². The minimum absolute atomic E-state index is 0.0672. The third-order valence-corrected chi connectivity index (χ3v) is 5.45. The molecule has 1 atom stereocenters. The van der Waals surface area contributed by atoms with Crippen LogP contribution in [0.1, 0.15) is 12.8 Å². The summed E-state index contributed by atoms with van der Waals surface area (Å²) in [6.45, 7) is 2.06. The maximum atomic E-state index is 13.0. The van der Waals surface area contributed by atoms with Crippen LogP contribution in [-0.4, -0.2) is 44.7 Å². The smallest absolute Gasteiger partial charge is 0.240 e. The first-order valence-electron chi connectivity index (χ1n) is 8.90. The molecule has 3 aromatic rings. The average molecular weight is 385 g/mol. The predicted octanol–water partition coefficient (Wildman–Crippen LogP) is 3.25. The van der Waals surface area contributed by atoms with Gasteiger partial charge in [0.05, 0.1) is 18.8 Å². The molecule has 0 radical (unpaired) electrons. The number of likely N-dealkylation sites (tertiary alicyclic amines) is 1.